The maximum Gasteiger partial charge on any atom is 0.253 e. The van der Waals surface area contributed by atoms with Gasteiger partial charge in [0, 0.05) is 25.3 Å². The van der Waals surface area contributed by atoms with Crippen LogP contribution in [0.3, 0.4) is 0 Å². The lowest BCUT2D eigenvalue weighted by Crippen LogP contribution is -2.47. The molecule has 1 saturated heterocycles. The highest BCUT2D eigenvalue weighted by molar-refractivity contribution is 5.99. The number of amides is 1. The van der Waals surface area contributed by atoms with Gasteiger partial charge in [-0.25, -0.2) is 0 Å². The largest absolute Gasteiger partial charge is 0.387 e. The lowest BCUT2D eigenvalue weighted by atomic mass is 10.0. The van der Waals surface area contributed by atoms with Crippen molar-refractivity contribution in [3.05, 3.63) is 29.3 Å². The minimum Gasteiger partial charge on any atom is -0.387 e. The van der Waals surface area contributed by atoms with Gasteiger partial charge in [-0.05, 0) is 50.6 Å². The number of likely N-dealkylation sites (tertiary alicyclic amines) is 1. The van der Waals surface area contributed by atoms with Gasteiger partial charge < -0.3 is 15.5 Å². The molecule has 110 valence electrons. The summed E-state index contributed by atoms with van der Waals surface area (Å²) in [4.78, 5) is 14.8. The molecule has 1 aliphatic heterocycles. The van der Waals surface area contributed by atoms with Crippen LogP contribution < -0.4 is 10.6 Å². The third kappa shape index (κ3) is 3.51. The van der Waals surface area contributed by atoms with Crippen molar-refractivity contribution in [2.24, 2.45) is 0 Å². The molecule has 0 saturated carbocycles. The monoisotopic (exact) mass is 275 g/mol. The van der Waals surface area contributed by atoms with Gasteiger partial charge in [0.15, 0.2) is 0 Å². The maximum atomic E-state index is 12.4. The Morgan fingerprint density at radius 1 is 1.45 bits per heavy atom. The first-order chi connectivity index (χ1) is 9.63. The highest BCUT2D eigenvalue weighted by Crippen LogP contribution is 2.18. The molecule has 1 aromatic rings. The predicted molar refractivity (Wildman–Crippen MR) is 83.3 cm³/mol. The first-order valence-corrected chi connectivity index (χ1v) is 7.45. The van der Waals surface area contributed by atoms with Crippen LogP contribution >= 0.6 is 0 Å². The van der Waals surface area contributed by atoms with E-state index in [0.717, 1.165) is 49.3 Å². The smallest absolute Gasteiger partial charge is 0.253 e. The highest BCUT2D eigenvalue weighted by Gasteiger charge is 2.21. The van der Waals surface area contributed by atoms with Gasteiger partial charge in [-0.3, -0.25) is 4.79 Å². The summed E-state index contributed by atoms with van der Waals surface area (Å²) in [5.74, 6) is 0.0253. The third-order valence-electron chi connectivity index (χ3n) is 3.98. The highest BCUT2D eigenvalue weighted by atomic mass is 16.1. The lowest BCUT2D eigenvalue weighted by Gasteiger charge is -2.32. The van der Waals surface area contributed by atoms with Crippen LogP contribution in [0.4, 0.5) is 5.69 Å². The van der Waals surface area contributed by atoms with Crippen molar-refractivity contribution in [1.82, 2.24) is 10.2 Å². The molecule has 1 aliphatic rings. The molecule has 1 unspecified atom stereocenters. The van der Waals surface area contributed by atoms with Gasteiger partial charge in [-0.2, -0.15) is 0 Å². The average molecular weight is 275 g/mol. The van der Waals surface area contributed by atoms with E-state index in [9.17, 15) is 4.79 Å². The van der Waals surface area contributed by atoms with E-state index in [-0.39, 0.29) is 11.9 Å². The van der Waals surface area contributed by atoms with Crippen molar-refractivity contribution in [2.75, 3.05) is 32.0 Å². The van der Waals surface area contributed by atoms with E-state index in [1.807, 2.05) is 32.2 Å². The number of nitrogens with zero attached hydrogens (tertiary/aromatic N) is 1. The Balaban J connectivity index is 2.04. The fourth-order valence-corrected chi connectivity index (χ4v) is 2.79. The van der Waals surface area contributed by atoms with Crippen LogP contribution in [0.15, 0.2) is 18.2 Å². The molecule has 2 rings (SSSR count). The number of benzene rings is 1. The maximum absolute atomic E-state index is 12.4. The number of nitrogens with one attached hydrogen (secondary N) is 2. The fourth-order valence-electron chi connectivity index (χ4n) is 2.79. The van der Waals surface area contributed by atoms with E-state index < -0.39 is 0 Å². The van der Waals surface area contributed by atoms with Crippen molar-refractivity contribution >= 4 is 11.6 Å². The molecule has 2 N–H and O–H groups in total. The lowest BCUT2D eigenvalue weighted by molar-refractivity contribution is 0.0906. The van der Waals surface area contributed by atoms with Gasteiger partial charge in [-0.1, -0.05) is 13.0 Å². The second-order valence-electron chi connectivity index (χ2n) is 5.50. The molecule has 4 nitrogen and oxygen atoms in total. The summed E-state index contributed by atoms with van der Waals surface area (Å²) in [7, 11) is 1.85. The molecule has 1 atom stereocenters. The summed E-state index contributed by atoms with van der Waals surface area (Å²) in [5.41, 5.74) is 2.78. The minimum atomic E-state index is 0.0253. The summed E-state index contributed by atoms with van der Waals surface area (Å²) < 4.78 is 0. The first-order valence-electron chi connectivity index (χ1n) is 7.45. The zero-order chi connectivity index (χ0) is 14.5. The zero-order valence-corrected chi connectivity index (χ0v) is 12.7. The van der Waals surface area contributed by atoms with Crippen LogP contribution in [0.5, 0.6) is 0 Å². The molecule has 1 fully saturated rings. The van der Waals surface area contributed by atoms with Crippen molar-refractivity contribution in [3.8, 4) is 0 Å². The summed E-state index contributed by atoms with van der Waals surface area (Å²) in [6.07, 6.45) is 2.23. The zero-order valence-electron chi connectivity index (χ0n) is 12.7. The molecule has 20 heavy (non-hydrogen) atoms. The van der Waals surface area contributed by atoms with Crippen molar-refractivity contribution < 1.29 is 4.79 Å². The second kappa shape index (κ2) is 6.75. The van der Waals surface area contributed by atoms with Crippen LogP contribution in [-0.2, 0) is 0 Å². The number of carbonyl (C=O) groups is 1. The molecule has 4 heteroatoms. The van der Waals surface area contributed by atoms with E-state index in [2.05, 4.69) is 22.5 Å². The molecule has 1 heterocycles. The number of hydrogen-bond acceptors (Lipinski definition) is 3. The topological polar surface area (TPSA) is 44.4 Å². The molecule has 0 aromatic heterocycles. The summed E-state index contributed by atoms with van der Waals surface area (Å²) in [6.45, 7) is 7.36. The standard InChI is InChI=1S/C16H25N3O/c1-4-19-9-5-6-13(11-19)18-16(20)14-8-7-12(2)10-15(14)17-3/h7-8,10,13,17H,4-6,9,11H2,1-3H3,(H,18,20). The van der Waals surface area contributed by atoms with Gasteiger partial charge in [0.2, 0.25) is 0 Å². The molecule has 0 spiro atoms. The van der Waals surface area contributed by atoms with Gasteiger partial charge in [-0.15, -0.1) is 0 Å². The van der Waals surface area contributed by atoms with Gasteiger partial charge in [0.1, 0.15) is 0 Å². The van der Waals surface area contributed by atoms with Crippen LogP contribution in [0, 0.1) is 6.92 Å². The molecule has 0 radical (unpaired) electrons. The quantitative estimate of drug-likeness (QED) is 0.886. The van der Waals surface area contributed by atoms with E-state index in [0.29, 0.717) is 0 Å². The SMILES string of the molecule is CCN1CCCC(NC(=O)c2ccc(C)cc2NC)C1. The van der Waals surface area contributed by atoms with Gasteiger partial charge in [0.25, 0.3) is 5.91 Å². The summed E-state index contributed by atoms with van der Waals surface area (Å²) in [6, 6.07) is 6.15. The molecule has 1 amide bonds. The number of anilines is 1. The van der Waals surface area contributed by atoms with Crippen LogP contribution in [0.25, 0.3) is 0 Å². The van der Waals surface area contributed by atoms with E-state index in [1.54, 1.807) is 0 Å². The van der Waals surface area contributed by atoms with Crippen molar-refractivity contribution in [3.63, 3.8) is 0 Å². The number of piperidine rings is 1. The molecular weight excluding hydrogens is 250 g/mol. The minimum absolute atomic E-state index is 0.0253. The van der Waals surface area contributed by atoms with Crippen molar-refractivity contribution in [2.45, 2.75) is 32.7 Å². The van der Waals surface area contributed by atoms with E-state index >= 15 is 0 Å². The van der Waals surface area contributed by atoms with E-state index in [1.165, 1.54) is 0 Å². The molecule has 0 bridgehead atoms. The van der Waals surface area contributed by atoms with Crippen LogP contribution in [0.2, 0.25) is 0 Å². The predicted octanol–water partition coefficient (Wildman–Crippen LogP) is 2.25. The average Bonchev–Trinajstić information content (AvgIpc) is 2.47. The van der Waals surface area contributed by atoms with Crippen LogP contribution in [-0.4, -0.2) is 43.5 Å². The first kappa shape index (κ1) is 14.9. The second-order valence-corrected chi connectivity index (χ2v) is 5.50. The van der Waals surface area contributed by atoms with Crippen molar-refractivity contribution in [1.29, 1.82) is 0 Å². The Hall–Kier alpha value is -1.55. The Bertz CT molecular complexity index is 473. The van der Waals surface area contributed by atoms with E-state index in [4.69, 9.17) is 0 Å². The van der Waals surface area contributed by atoms with Gasteiger partial charge in [0.05, 0.1) is 5.56 Å². The molecular formula is C16H25N3O. The summed E-state index contributed by atoms with van der Waals surface area (Å²) >= 11 is 0. The third-order valence-corrected chi connectivity index (χ3v) is 3.98. The Kier molecular flexibility index (Phi) is 5.01. The number of hydrogen-bond donors (Lipinski definition) is 2. The normalized spacial score (nSPS) is 19.6. The molecule has 1 aromatic carbocycles. The number of carbonyl (C=O) groups excluding carboxylic acids is 1. The number of likely N-dealkylation sites (N-methyl/N-ethyl adjacent to an activating group) is 1. The Morgan fingerprint density at radius 2 is 2.25 bits per heavy atom. The summed E-state index contributed by atoms with van der Waals surface area (Å²) in [5, 5.41) is 6.28. The van der Waals surface area contributed by atoms with Gasteiger partial charge >= 0.3 is 0 Å². The fraction of sp³-hybridized carbons (Fsp3) is 0.562. The number of aryl methyl sites for hydroxylation is 1. The number of rotatable bonds is 4. The molecule has 0 aliphatic carbocycles. The van der Waals surface area contributed by atoms with Crippen LogP contribution in [0.1, 0.15) is 35.7 Å². The Labute approximate surface area is 121 Å². The Morgan fingerprint density at radius 3 is 2.95 bits per heavy atom.